The van der Waals surface area contributed by atoms with Crippen molar-refractivity contribution >= 4 is 49.5 Å². The summed E-state index contributed by atoms with van der Waals surface area (Å²) in [5.74, 6) is -0.375. The number of rotatable bonds is 20. The van der Waals surface area contributed by atoms with E-state index < -0.39 is 56.0 Å². The maximum absolute atomic E-state index is 11.5. The van der Waals surface area contributed by atoms with E-state index in [0.717, 1.165) is 43.6 Å². The first-order chi connectivity index (χ1) is 20.9. The zero-order valence-electron chi connectivity index (χ0n) is 26.0. The lowest BCUT2D eigenvalue weighted by atomic mass is 9.82. The van der Waals surface area contributed by atoms with Crippen LogP contribution in [0.5, 0.6) is 0 Å². The molecular formula is C27H50BN2O11PS2. The van der Waals surface area contributed by atoms with Crippen molar-refractivity contribution in [3.63, 3.8) is 0 Å². The molecule has 2 aliphatic rings. The highest BCUT2D eigenvalue weighted by Crippen LogP contribution is 2.48. The van der Waals surface area contributed by atoms with Crippen LogP contribution >= 0.6 is 18.9 Å². The van der Waals surface area contributed by atoms with Gasteiger partial charge in [0.1, 0.15) is 44.4 Å². The Balaban J connectivity index is 1.61. The zero-order valence-corrected chi connectivity index (χ0v) is 28.6. The minimum Gasteiger partial charge on any atom is -0.394 e. The van der Waals surface area contributed by atoms with Gasteiger partial charge in [0.15, 0.2) is 6.29 Å². The maximum Gasteiger partial charge on any atom is 0.324 e. The summed E-state index contributed by atoms with van der Waals surface area (Å²) >= 11 is 10.5. The van der Waals surface area contributed by atoms with Gasteiger partial charge < -0.3 is 58.8 Å². The SMILES string of the molecule is B[C@@H]1O[C@H](COC)[C@H](OP(O)(=S)OC)C1C/C=C/CCCCNC(=S)CCCCO[C@@H]1O[C@H](CO)[C@H](O)[C@H](O)[C@H]1NC(C)=O. The van der Waals surface area contributed by atoms with Crippen molar-refractivity contribution in [2.24, 2.45) is 5.92 Å². The van der Waals surface area contributed by atoms with Crippen LogP contribution in [0, 0.1) is 5.92 Å². The van der Waals surface area contributed by atoms with Gasteiger partial charge in [-0.1, -0.05) is 24.4 Å². The molecule has 2 rings (SSSR count). The number of thiocarbonyl (C=S) groups is 1. The Morgan fingerprint density at radius 2 is 1.84 bits per heavy atom. The molecular weight excluding hydrogens is 634 g/mol. The molecule has 254 valence electrons. The second-order valence-corrected chi connectivity index (χ2v) is 14.4. The molecule has 0 bridgehead atoms. The molecule has 2 fully saturated rings. The summed E-state index contributed by atoms with van der Waals surface area (Å²) < 4.78 is 33.3. The van der Waals surface area contributed by atoms with E-state index >= 15 is 0 Å². The van der Waals surface area contributed by atoms with Crippen LogP contribution < -0.4 is 10.6 Å². The molecule has 0 spiro atoms. The number of methoxy groups -OCH3 is 1. The number of amides is 1. The molecule has 2 saturated heterocycles. The van der Waals surface area contributed by atoms with Gasteiger partial charge in [0, 0.05) is 46.2 Å². The molecule has 0 aromatic rings. The highest BCUT2D eigenvalue weighted by atomic mass is 32.5. The predicted molar refractivity (Wildman–Crippen MR) is 174 cm³/mol. The Morgan fingerprint density at radius 3 is 2.50 bits per heavy atom. The number of hydrogen-bond acceptors (Lipinski definition) is 12. The largest absolute Gasteiger partial charge is 0.394 e. The molecule has 0 aromatic carbocycles. The molecule has 0 radical (unpaired) electrons. The summed E-state index contributed by atoms with van der Waals surface area (Å²) in [4.78, 5) is 22.5. The van der Waals surface area contributed by atoms with Crippen LogP contribution in [-0.4, -0.2) is 128 Å². The number of aliphatic hydroxyl groups is 3. The van der Waals surface area contributed by atoms with Gasteiger partial charge in [-0.05, 0) is 56.8 Å². The first-order valence-electron chi connectivity index (χ1n) is 15.1. The fourth-order valence-electron chi connectivity index (χ4n) is 5.24. The molecule has 0 aromatic heterocycles. The van der Waals surface area contributed by atoms with Gasteiger partial charge in [-0.25, -0.2) is 0 Å². The molecule has 13 nitrogen and oxygen atoms in total. The van der Waals surface area contributed by atoms with E-state index in [2.05, 4.69) is 22.8 Å². The molecule has 44 heavy (non-hydrogen) atoms. The van der Waals surface area contributed by atoms with Gasteiger partial charge in [-0.2, -0.15) is 0 Å². The quantitative estimate of drug-likeness (QED) is 0.0333. The van der Waals surface area contributed by atoms with Crippen LogP contribution in [0.1, 0.15) is 51.9 Å². The Hall–Kier alpha value is -0.585. The van der Waals surface area contributed by atoms with Gasteiger partial charge in [-0.15, -0.1) is 0 Å². The maximum atomic E-state index is 11.5. The third kappa shape index (κ3) is 13.3. The van der Waals surface area contributed by atoms with E-state index in [4.69, 9.17) is 52.0 Å². The van der Waals surface area contributed by atoms with Crippen LogP contribution in [0.4, 0.5) is 0 Å². The smallest absolute Gasteiger partial charge is 0.324 e. The number of aliphatic hydroxyl groups excluding tert-OH is 3. The van der Waals surface area contributed by atoms with Crippen LogP contribution in [0.15, 0.2) is 12.2 Å². The second kappa shape index (κ2) is 20.6. The normalized spacial score (nSPS) is 32.0. The number of carbonyl (C=O) groups excluding carboxylic acids is 1. The molecule has 2 aliphatic heterocycles. The zero-order chi connectivity index (χ0) is 32.7. The van der Waals surface area contributed by atoms with Crippen molar-refractivity contribution in [2.45, 2.75) is 101 Å². The minimum absolute atomic E-state index is 0.0197. The molecule has 0 aliphatic carbocycles. The summed E-state index contributed by atoms with van der Waals surface area (Å²) in [5.41, 5.74) is 0. The molecule has 2 unspecified atom stereocenters. The van der Waals surface area contributed by atoms with Crippen LogP contribution in [0.3, 0.4) is 0 Å². The minimum atomic E-state index is -3.34. The van der Waals surface area contributed by atoms with Crippen molar-refractivity contribution < 1.29 is 53.0 Å². The summed E-state index contributed by atoms with van der Waals surface area (Å²) in [6.45, 7) is -1.11. The summed E-state index contributed by atoms with van der Waals surface area (Å²) in [5, 5.41) is 35.7. The fourth-order valence-corrected chi connectivity index (χ4v) is 6.47. The average Bonchev–Trinajstić information content (AvgIpc) is 3.25. The molecule has 6 N–H and O–H groups in total. The van der Waals surface area contributed by atoms with Crippen LogP contribution in [0.25, 0.3) is 0 Å². The van der Waals surface area contributed by atoms with Crippen LogP contribution in [-0.2, 0) is 44.6 Å². The lowest BCUT2D eigenvalue weighted by molar-refractivity contribution is -0.270. The van der Waals surface area contributed by atoms with E-state index in [-0.39, 0.29) is 18.0 Å². The number of unbranched alkanes of at least 4 members (excludes halogenated alkanes) is 3. The second-order valence-electron chi connectivity index (χ2n) is 11.0. The summed E-state index contributed by atoms with van der Waals surface area (Å²) in [6.07, 6.45) is 4.60. The highest BCUT2D eigenvalue weighted by Gasteiger charge is 2.46. The number of nitrogens with one attached hydrogen (secondary N) is 2. The molecule has 0 saturated carbocycles. The van der Waals surface area contributed by atoms with Crippen molar-refractivity contribution in [3.8, 4) is 0 Å². The van der Waals surface area contributed by atoms with E-state index in [1.807, 2.05) is 7.85 Å². The van der Waals surface area contributed by atoms with Gasteiger partial charge in [0.25, 0.3) is 0 Å². The number of ether oxygens (including phenoxy) is 4. The number of allylic oxidation sites excluding steroid dienone is 2. The summed E-state index contributed by atoms with van der Waals surface area (Å²) in [6, 6.07) is -1.02. The van der Waals surface area contributed by atoms with Crippen molar-refractivity contribution in [3.05, 3.63) is 12.2 Å². The van der Waals surface area contributed by atoms with E-state index in [1.54, 1.807) is 7.11 Å². The van der Waals surface area contributed by atoms with Crippen molar-refractivity contribution in [2.75, 3.05) is 40.6 Å². The number of hydrogen-bond donors (Lipinski definition) is 6. The first kappa shape index (κ1) is 39.6. The molecule has 1 amide bonds. The monoisotopic (exact) mass is 684 g/mol. The first-order valence-corrected chi connectivity index (χ1v) is 18.1. The predicted octanol–water partition coefficient (Wildman–Crippen LogP) is 0.0196. The third-order valence-electron chi connectivity index (χ3n) is 7.62. The van der Waals surface area contributed by atoms with E-state index in [9.17, 15) is 25.0 Å². The van der Waals surface area contributed by atoms with Gasteiger partial charge in [0.2, 0.25) is 5.91 Å². The fraction of sp³-hybridized carbons (Fsp3) is 0.852. The number of carbonyl (C=O) groups is 1. The summed E-state index contributed by atoms with van der Waals surface area (Å²) in [7, 11) is 4.92. The standard InChI is InChI=1S/C27H50BN2O11PS2/c1-17(32)30-22-24(34)23(33)19(15-31)40-27(22)38-14-10-8-12-21(43)29-13-9-6-4-5-7-11-18-25(41-42(35,44)37-3)20(16-36-2)39-26(18)28/h5,7,18-20,22-27,31,33-34H,4,6,8-16,28H2,1-3H3,(H,29,43)(H,30,32)(H,35,44)/b7-5+/t18?,19-,20-,22-,23+,24-,25-,26-,27-,42?/m1/s1. The van der Waals surface area contributed by atoms with E-state index in [0.29, 0.717) is 26.1 Å². The lowest BCUT2D eigenvalue weighted by Gasteiger charge is -2.42. The average molecular weight is 685 g/mol. The Bertz CT molecular complexity index is 955. The van der Waals surface area contributed by atoms with Gasteiger partial charge >= 0.3 is 6.72 Å². The molecule has 2 heterocycles. The topological polar surface area (TPSA) is 177 Å². The Kier molecular flexibility index (Phi) is 18.5. The third-order valence-corrected chi connectivity index (χ3v) is 9.65. The van der Waals surface area contributed by atoms with Crippen LogP contribution in [0.2, 0.25) is 0 Å². The van der Waals surface area contributed by atoms with E-state index in [1.165, 1.54) is 14.0 Å². The lowest BCUT2D eigenvalue weighted by Crippen LogP contribution is -2.64. The van der Waals surface area contributed by atoms with Crippen molar-refractivity contribution in [1.82, 2.24) is 10.6 Å². The molecule has 17 heteroatoms. The Labute approximate surface area is 272 Å². The van der Waals surface area contributed by atoms with Gasteiger partial charge in [-0.3, -0.25) is 4.79 Å². The molecule has 10 atom stereocenters. The van der Waals surface area contributed by atoms with Gasteiger partial charge in [0.05, 0.1) is 18.2 Å². The Morgan fingerprint density at radius 1 is 1.09 bits per heavy atom. The highest BCUT2D eigenvalue weighted by molar-refractivity contribution is 8.07. The van der Waals surface area contributed by atoms with Crippen molar-refractivity contribution in [1.29, 1.82) is 0 Å².